The summed E-state index contributed by atoms with van der Waals surface area (Å²) in [6.07, 6.45) is 20.1. The summed E-state index contributed by atoms with van der Waals surface area (Å²) >= 11 is 0. The second kappa shape index (κ2) is 5.45. The van der Waals surface area contributed by atoms with E-state index in [4.69, 9.17) is 0 Å². The first-order valence-electron chi connectivity index (χ1n) is 6.82. The van der Waals surface area contributed by atoms with Gasteiger partial charge in [-0.05, 0) is 19.3 Å². The van der Waals surface area contributed by atoms with Gasteiger partial charge in [0, 0.05) is 26.2 Å². The van der Waals surface area contributed by atoms with Crippen molar-refractivity contribution in [2.24, 2.45) is 17.3 Å². The normalized spacial score (nSPS) is 37.0. The minimum absolute atomic E-state index is 0. The van der Waals surface area contributed by atoms with E-state index in [1.54, 1.807) is 11.1 Å². The van der Waals surface area contributed by atoms with Crippen LogP contribution in [0.5, 0.6) is 0 Å². The Bertz CT molecular complexity index is 439. The van der Waals surface area contributed by atoms with E-state index in [0.29, 0.717) is 11.3 Å². The van der Waals surface area contributed by atoms with Crippen LogP contribution in [0.15, 0.2) is 47.6 Å². The van der Waals surface area contributed by atoms with Crippen LogP contribution in [-0.2, 0) is 26.2 Å². The number of rotatable bonds is 2. The molecule has 0 bridgehead atoms. The molecule has 0 aromatic carbocycles. The predicted octanol–water partition coefficient (Wildman–Crippen LogP) is 4.62. The standard InChI is InChI=1S/C17H21.Zr/c1-3-17(15-9-4-5-10-15)11-14-8-6-7-13(2)16(14)12-17;/h4-9,11,14,16H,3,10,12H2,1-2H3;/q-1;. The SMILES string of the molecule is CCC1(C2=CC=CC2)[CH-]C2C=CC=C(C)C2C1.[Zr]. The third kappa shape index (κ3) is 2.20. The molecule has 0 aliphatic heterocycles. The number of fused-ring (bicyclic) bond motifs is 1. The van der Waals surface area contributed by atoms with Crippen molar-refractivity contribution >= 4 is 0 Å². The summed E-state index contributed by atoms with van der Waals surface area (Å²) in [5.41, 5.74) is 3.56. The Kier molecular flexibility index (Phi) is 4.32. The van der Waals surface area contributed by atoms with Crippen LogP contribution in [0.1, 0.15) is 33.1 Å². The molecule has 0 aromatic rings. The van der Waals surface area contributed by atoms with Gasteiger partial charge >= 0.3 is 0 Å². The van der Waals surface area contributed by atoms with E-state index in [2.05, 4.69) is 56.7 Å². The van der Waals surface area contributed by atoms with Crippen LogP contribution in [0.2, 0.25) is 0 Å². The minimum Gasteiger partial charge on any atom is -0.311 e. The van der Waals surface area contributed by atoms with Gasteiger partial charge < -0.3 is 6.42 Å². The molecule has 0 amide bonds. The van der Waals surface area contributed by atoms with Crippen LogP contribution in [0, 0.1) is 23.7 Å². The zero-order chi connectivity index (χ0) is 11.9. The van der Waals surface area contributed by atoms with Crippen LogP contribution in [0.25, 0.3) is 0 Å². The van der Waals surface area contributed by atoms with E-state index < -0.39 is 0 Å². The average molecular weight is 317 g/mol. The maximum absolute atomic E-state index is 2.63. The summed E-state index contributed by atoms with van der Waals surface area (Å²) in [5.74, 6) is 1.42. The van der Waals surface area contributed by atoms with Gasteiger partial charge in [0.15, 0.2) is 0 Å². The van der Waals surface area contributed by atoms with Gasteiger partial charge in [-0.1, -0.05) is 61.3 Å². The summed E-state index contributed by atoms with van der Waals surface area (Å²) in [6, 6.07) is 0. The van der Waals surface area contributed by atoms with Crippen molar-refractivity contribution in [1.29, 1.82) is 0 Å². The Morgan fingerprint density at radius 2 is 2.17 bits per heavy atom. The average Bonchev–Trinajstić information content (AvgIpc) is 2.97. The van der Waals surface area contributed by atoms with E-state index in [1.807, 2.05) is 0 Å². The van der Waals surface area contributed by atoms with Gasteiger partial charge in [-0.25, -0.2) is 0 Å². The topological polar surface area (TPSA) is 0 Å². The molecule has 0 spiro atoms. The van der Waals surface area contributed by atoms with Gasteiger partial charge in [0.1, 0.15) is 0 Å². The van der Waals surface area contributed by atoms with Gasteiger partial charge in [0.05, 0.1) is 0 Å². The van der Waals surface area contributed by atoms with Crippen molar-refractivity contribution in [3.63, 3.8) is 0 Å². The van der Waals surface area contributed by atoms with Crippen LogP contribution in [-0.4, -0.2) is 0 Å². The molecule has 3 aliphatic rings. The van der Waals surface area contributed by atoms with E-state index in [1.165, 1.54) is 12.8 Å². The predicted molar refractivity (Wildman–Crippen MR) is 73.4 cm³/mol. The van der Waals surface area contributed by atoms with E-state index in [0.717, 1.165) is 12.3 Å². The first-order valence-corrected chi connectivity index (χ1v) is 6.82. The molecule has 0 nitrogen and oxygen atoms in total. The molecule has 0 radical (unpaired) electrons. The molecule has 1 fully saturated rings. The third-order valence-electron chi connectivity index (χ3n) is 4.88. The van der Waals surface area contributed by atoms with Crippen molar-refractivity contribution in [1.82, 2.24) is 0 Å². The van der Waals surface area contributed by atoms with Crippen molar-refractivity contribution in [2.75, 3.05) is 0 Å². The fraction of sp³-hybridized carbons (Fsp3) is 0.471. The summed E-state index contributed by atoms with van der Waals surface area (Å²) in [6.45, 7) is 4.64. The second-order valence-electron chi connectivity index (χ2n) is 5.68. The number of hydrogen-bond donors (Lipinski definition) is 0. The van der Waals surface area contributed by atoms with Gasteiger partial charge in [0.25, 0.3) is 0 Å². The van der Waals surface area contributed by atoms with Gasteiger partial charge in [-0.2, -0.15) is 0 Å². The molecule has 0 heterocycles. The Morgan fingerprint density at radius 3 is 2.78 bits per heavy atom. The summed E-state index contributed by atoms with van der Waals surface area (Å²) in [5, 5.41) is 0. The summed E-state index contributed by atoms with van der Waals surface area (Å²) in [4.78, 5) is 0. The van der Waals surface area contributed by atoms with Gasteiger partial charge in [-0.3, -0.25) is 0 Å². The molecule has 3 unspecified atom stereocenters. The van der Waals surface area contributed by atoms with E-state index in [9.17, 15) is 0 Å². The van der Waals surface area contributed by atoms with Crippen molar-refractivity contribution < 1.29 is 26.2 Å². The van der Waals surface area contributed by atoms with Crippen LogP contribution >= 0.6 is 0 Å². The molecule has 3 atom stereocenters. The maximum Gasteiger partial charge on any atom is 0 e. The molecule has 0 aromatic heterocycles. The first-order chi connectivity index (χ1) is 8.25. The maximum atomic E-state index is 2.63. The van der Waals surface area contributed by atoms with Crippen molar-refractivity contribution in [3.05, 3.63) is 54.0 Å². The molecule has 94 valence electrons. The largest absolute Gasteiger partial charge is 0.311 e. The van der Waals surface area contributed by atoms with Gasteiger partial charge in [0.2, 0.25) is 0 Å². The van der Waals surface area contributed by atoms with E-state index in [-0.39, 0.29) is 26.2 Å². The number of hydrogen-bond acceptors (Lipinski definition) is 0. The zero-order valence-corrected chi connectivity index (χ0v) is 13.8. The molecule has 1 heteroatoms. The second-order valence-corrected chi connectivity index (χ2v) is 5.68. The minimum atomic E-state index is 0. The Hall–Kier alpha value is -0.157. The quantitative estimate of drug-likeness (QED) is 0.652. The van der Waals surface area contributed by atoms with E-state index >= 15 is 0 Å². The van der Waals surface area contributed by atoms with Crippen LogP contribution in [0.3, 0.4) is 0 Å². The smallest absolute Gasteiger partial charge is 0 e. The summed E-state index contributed by atoms with van der Waals surface area (Å²) < 4.78 is 0. The zero-order valence-electron chi connectivity index (χ0n) is 11.3. The molecule has 3 aliphatic carbocycles. The monoisotopic (exact) mass is 315 g/mol. The molecule has 1 saturated carbocycles. The fourth-order valence-electron chi connectivity index (χ4n) is 3.74. The molecule has 3 rings (SSSR count). The third-order valence-corrected chi connectivity index (χ3v) is 4.88. The Morgan fingerprint density at radius 1 is 1.33 bits per heavy atom. The van der Waals surface area contributed by atoms with Crippen molar-refractivity contribution in [2.45, 2.75) is 33.1 Å². The van der Waals surface area contributed by atoms with Gasteiger partial charge in [-0.15, -0.1) is 17.4 Å². The molecular formula is C17H21Zr-. The molecule has 18 heavy (non-hydrogen) atoms. The number of allylic oxidation sites excluding steroid dienone is 8. The summed E-state index contributed by atoms with van der Waals surface area (Å²) in [7, 11) is 0. The Labute approximate surface area is 130 Å². The fourth-order valence-corrected chi connectivity index (χ4v) is 3.74. The Balaban J connectivity index is 0.00000120. The van der Waals surface area contributed by atoms with Crippen molar-refractivity contribution in [3.8, 4) is 0 Å². The molecule has 0 N–H and O–H groups in total. The van der Waals surface area contributed by atoms with Crippen LogP contribution in [0.4, 0.5) is 0 Å². The molecular weight excluding hydrogens is 295 g/mol. The first kappa shape index (κ1) is 14.3. The molecule has 0 saturated heterocycles. The van der Waals surface area contributed by atoms with Crippen LogP contribution < -0.4 is 0 Å².